The van der Waals surface area contributed by atoms with Crippen molar-refractivity contribution in [1.29, 1.82) is 0 Å². The zero-order valence-electron chi connectivity index (χ0n) is 21.7. The Labute approximate surface area is 229 Å². The molecule has 2 aromatic carbocycles. The molecule has 204 valence electrons. The molecule has 2 heterocycles. The average molecular weight is 543 g/mol. The van der Waals surface area contributed by atoms with Crippen molar-refractivity contribution < 1.29 is 32.7 Å². The van der Waals surface area contributed by atoms with Gasteiger partial charge in [-0.2, -0.15) is 10.2 Å². The molecule has 40 heavy (non-hydrogen) atoms. The van der Waals surface area contributed by atoms with Crippen LogP contribution in [0.3, 0.4) is 0 Å². The van der Waals surface area contributed by atoms with Crippen LogP contribution in [0, 0.1) is 0 Å². The standard InChI is InChI=1S/C29H26N4O7/c1-3-37-27(34)21-9-5-7-19(15-21)25-13-11-23(39-25)17-30-32-29(36)33-31-18-24-12-14-26(40-24)20-8-6-10-22(16-20)28(35)38-4-2/h5-18H,3-4H2,1-2H3,(H2,32,33,36)/b30-17-,31-18?. The van der Waals surface area contributed by atoms with Crippen molar-refractivity contribution in [3.8, 4) is 22.6 Å². The van der Waals surface area contributed by atoms with Crippen LogP contribution in [-0.2, 0) is 9.47 Å². The molecule has 11 heteroatoms. The fourth-order valence-electron chi connectivity index (χ4n) is 3.52. The van der Waals surface area contributed by atoms with E-state index in [9.17, 15) is 14.4 Å². The maximum Gasteiger partial charge on any atom is 0.355 e. The molecule has 0 radical (unpaired) electrons. The number of benzene rings is 2. The van der Waals surface area contributed by atoms with E-state index >= 15 is 0 Å². The Morgan fingerprint density at radius 2 is 1.15 bits per heavy atom. The van der Waals surface area contributed by atoms with Crippen molar-refractivity contribution in [2.45, 2.75) is 13.8 Å². The molecule has 2 N–H and O–H groups in total. The molecule has 4 aromatic rings. The maximum atomic E-state index is 12.0. The second-order valence-corrected chi connectivity index (χ2v) is 8.08. The van der Waals surface area contributed by atoms with Crippen molar-refractivity contribution >= 4 is 30.4 Å². The number of hydrazone groups is 2. The van der Waals surface area contributed by atoms with Crippen LogP contribution in [0.4, 0.5) is 4.79 Å². The van der Waals surface area contributed by atoms with Gasteiger partial charge < -0.3 is 18.3 Å². The van der Waals surface area contributed by atoms with E-state index in [1.165, 1.54) is 12.4 Å². The van der Waals surface area contributed by atoms with E-state index in [-0.39, 0.29) is 13.2 Å². The minimum atomic E-state index is -0.685. The van der Waals surface area contributed by atoms with Crippen LogP contribution in [0.2, 0.25) is 0 Å². The highest BCUT2D eigenvalue weighted by atomic mass is 16.5. The highest BCUT2D eigenvalue weighted by Gasteiger charge is 2.11. The lowest BCUT2D eigenvalue weighted by atomic mass is 10.1. The molecule has 4 rings (SSSR count). The molecule has 2 aromatic heterocycles. The van der Waals surface area contributed by atoms with Crippen LogP contribution in [0.25, 0.3) is 22.6 Å². The quantitative estimate of drug-likeness (QED) is 0.159. The minimum Gasteiger partial charge on any atom is -0.462 e. The van der Waals surface area contributed by atoms with Gasteiger partial charge in [0.25, 0.3) is 0 Å². The monoisotopic (exact) mass is 542 g/mol. The molecule has 2 amide bonds. The predicted octanol–water partition coefficient (Wildman–Crippen LogP) is 5.23. The normalized spacial score (nSPS) is 11.1. The number of hydrogen-bond donors (Lipinski definition) is 2. The summed E-state index contributed by atoms with van der Waals surface area (Å²) in [5, 5.41) is 7.67. The number of nitrogens with zero attached hydrogens (tertiary/aromatic N) is 2. The molecule has 0 aliphatic rings. The van der Waals surface area contributed by atoms with Crippen LogP contribution in [-0.4, -0.2) is 43.6 Å². The summed E-state index contributed by atoms with van der Waals surface area (Å²) in [6.45, 7) is 4.06. The number of ether oxygens (including phenoxy) is 2. The highest BCUT2D eigenvalue weighted by molar-refractivity contribution is 5.91. The predicted molar refractivity (Wildman–Crippen MR) is 147 cm³/mol. The Morgan fingerprint density at radius 1 is 0.700 bits per heavy atom. The third-order valence-electron chi connectivity index (χ3n) is 5.29. The molecule has 0 saturated carbocycles. The average Bonchev–Trinajstić information content (AvgIpc) is 3.64. The fourth-order valence-corrected chi connectivity index (χ4v) is 3.52. The first kappa shape index (κ1) is 27.6. The molecule has 0 saturated heterocycles. The smallest absolute Gasteiger partial charge is 0.355 e. The number of hydrogen-bond acceptors (Lipinski definition) is 9. The number of carbonyl (C=O) groups excluding carboxylic acids is 3. The Balaban J connectivity index is 1.28. The number of nitrogens with one attached hydrogen (secondary N) is 2. The van der Waals surface area contributed by atoms with Crippen molar-refractivity contribution in [1.82, 2.24) is 10.9 Å². The van der Waals surface area contributed by atoms with Crippen LogP contribution in [0.1, 0.15) is 46.1 Å². The third kappa shape index (κ3) is 7.32. The summed E-state index contributed by atoms with van der Waals surface area (Å²) in [6, 6.07) is 19.8. The topological polar surface area (TPSA) is 145 Å². The first-order valence-corrected chi connectivity index (χ1v) is 12.3. The van der Waals surface area contributed by atoms with Crippen molar-refractivity contribution in [2.75, 3.05) is 13.2 Å². The lowest BCUT2D eigenvalue weighted by Gasteiger charge is -2.03. The highest BCUT2D eigenvalue weighted by Crippen LogP contribution is 2.24. The summed E-state index contributed by atoms with van der Waals surface area (Å²) in [7, 11) is 0. The molecule has 0 bridgehead atoms. The van der Waals surface area contributed by atoms with Crippen molar-refractivity contribution in [3.05, 3.63) is 95.4 Å². The second kappa shape index (κ2) is 13.4. The van der Waals surface area contributed by atoms with Crippen LogP contribution < -0.4 is 10.9 Å². The summed E-state index contributed by atoms with van der Waals surface area (Å²) >= 11 is 0. The van der Waals surface area contributed by atoms with Gasteiger partial charge in [0.2, 0.25) is 0 Å². The van der Waals surface area contributed by atoms with Gasteiger partial charge in [0.05, 0.1) is 36.8 Å². The molecular formula is C29H26N4O7. The van der Waals surface area contributed by atoms with E-state index in [1.54, 1.807) is 86.6 Å². The van der Waals surface area contributed by atoms with Gasteiger partial charge in [-0.15, -0.1) is 0 Å². The number of rotatable bonds is 10. The molecule has 0 unspecified atom stereocenters. The summed E-state index contributed by atoms with van der Waals surface area (Å²) in [5.74, 6) is 0.984. The van der Waals surface area contributed by atoms with Crippen LogP contribution in [0.15, 0.2) is 91.8 Å². The third-order valence-corrected chi connectivity index (χ3v) is 5.29. The summed E-state index contributed by atoms with van der Waals surface area (Å²) in [5.41, 5.74) is 6.76. The summed E-state index contributed by atoms with van der Waals surface area (Å²) < 4.78 is 21.5. The van der Waals surface area contributed by atoms with Gasteiger partial charge in [0.1, 0.15) is 23.0 Å². The first-order valence-electron chi connectivity index (χ1n) is 12.3. The van der Waals surface area contributed by atoms with E-state index in [1.807, 2.05) is 0 Å². The van der Waals surface area contributed by atoms with Gasteiger partial charge in [-0.25, -0.2) is 25.2 Å². The molecule has 11 nitrogen and oxygen atoms in total. The Morgan fingerprint density at radius 3 is 1.57 bits per heavy atom. The minimum absolute atomic E-state index is 0.287. The van der Waals surface area contributed by atoms with Gasteiger partial charge in [-0.1, -0.05) is 24.3 Å². The number of amides is 2. The zero-order valence-corrected chi connectivity index (χ0v) is 21.7. The number of furan rings is 2. The van der Waals surface area contributed by atoms with Crippen molar-refractivity contribution in [3.63, 3.8) is 0 Å². The number of esters is 2. The first-order chi connectivity index (χ1) is 19.5. The maximum absolute atomic E-state index is 12.0. The zero-order chi connectivity index (χ0) is 28.3. The van der Waals surface area contributed by atoms with Crippen LogP contribution in [0.5, 0.6) is 0 Å². The molecule has 0 fully saturated rings. The molecule has 0 aliphatic carbocycles. The number of urea groups is 1. The van der Waals surface area contributed by atoms with E-state index in [4.69, 9.17) is 18.3 Å². The summed E-state index contributed by atoms with van der Waals surface area (Å²) in [4.78, 5) is 35.9. The summed E-state index contributed by atoms with van der Waals surface area (Å²) in [6.07, 6.45) is 2.65. The van der Waals surface area contributed by atoms with Crippen LogP contribution >= 0.6 is 0 Å². The molecule has 0 aliphatic heterocycles. The number of carbonyl (C=O) groups is 3. The Kier molecular flexibility index (Phi) is 9.22. The van der Waals surface area contributed by atoms with E-state index in [0.29, 0.717) is 45.3 Å². The van der Waals surface area contributed by atoms with Crippen molar-refractivity contribution in [2.24, 2.45) is 10.2 Å². The van der Waals surface area contributed by atoms with Gasteiger partial charge >= 0.3 is 18.0 Å². The van der Waals surface area contributed by atoms with Gasteiger partial charge in [0, 0.05) is 11.1 Å². The van der Waals surface area contributed by atoms with Gasteiger partial charge in [-0.05, 0) is 62.4 Å². The Bertz CT molecular complexity index is 1440. The molecule has 0 spiro atoms. The fraction of sp³-hybridized carbons (Fsp3) is 0.138. The SMILES string of the molecule is CCOC(=O)c1cccc(-c2ccc(C=NNC(=O)N/N=C\c3ccc(-c4cccc(C(=O)OCC)c4)o3)o2)c1. The van der Waals surface area contributed by atoms with E-state index in [0.717, 1.165) is 0 Å². The van der Waals surface area contributed by atoms with Gasteiger partial charge in [-0.3, -0.25) is 0 Å². The molecule has 0 atom stereocenters. The second-order valence-electron chi connectivity index (χ2n) is 8.08. The van der Waals surface area contributed by atoms with E-state index < -0.39 is 18.0 Å². The Hall–Kier alpha value is -5.45. The lowest BCUT2D eigenvalue weighted by Crippen LogP contribution is -2.28. The van der Waals surface area contributed by atoms with E-state index in [2.05, 4.69) is 21.1 Å². The molecular weight excluding hydrogens is 516 g/mol. The lowest BCUT2D eigenvalue weighted by molar-refractivity contribution is 0.0517. The van der Waals surface area contributed by atoms with Gasteiger partial charge in [0.15, 0.2) is 0 Å². The largest absolute Gasteiger partial charge is 0.462 e.